The number of sulfonamides is 1. The number of anilines is 1. The molecule has 2 aromatic rings. The highest BCUT2D eigenvalue weighted by Crippen LogP contribution is 2.29. The van der Waals surface area contributed by atoms with Crippen LogP contribution in [0.4, 0.5) is 5.82 Å². The number of hydrogen-bond donors (Lipinski definition) is 0. The molecule has 0 aliphatic carbocycles. The second-order valence-electron chi connectivity index (χ2n) is 9.23. The van der Waals surface area contributed by atoms with Crippen molar-refractivity contribution in [3.05, 3.63) is 52.7 Å². The van der Waals surface area contributed by atoms with Gasteiger partial charge in [-0.05, 0) is 56.9 Å². The molecule has 1 aromatic heterocycles. The number of carbonyl (C=O) groups is 1. The van der Waals surface area contributed by atoms with Crippen molar-refractivity contribution in [2.75, 3.05) is 44.2 Å². The van der Waals surface area contributed by atoms with Gasteiger partial charge in [-0.25, -0.2) is 13.4 Å². The minimum Gasteiger partial charge on any atom is -0.353 e. The van der Waals surface area contributed by atoms with Crippen molar-refractivity contribution in [2.24, 2.45) is 5.92 Å². The zero-order chi connectivity index (χ0) is 24.5. The fraction of sp³-hybridized carbons (Fsp3) is 0.480. The molecule has 0 radical (unpaired) electrons. The zero-order valence-corrected chi connectivity index (χ0v) is 20.8. The Kier molecular flexibility index (Phi) is 6.91. The Hall–Kier alpha value is -2.96. The zero-order valence-electron chi connectivity index (χ0n) is 20.0. The Balaban J connectivity index is 1.35. The Morgan fingerprint density at radius 2 is 1.62 bits per heavy atom. The normalized spacial score (nSPS) is 18.1. The van der Waals surface area contributed by atoms with Gasteiger partial charge >= 0.3 is 0 Å². The first-order valence-electron chi connectivity index (χ1n) is 11.7. The lowest BCUT2D eigenvalue weighted by Crippen LogP contribution is -2.52. The molecule has 2 saturated heterocycles. The van der Waals surface area contributed by atoms with Crippen LogP contribution in [0, 0.1) is 38.0 Å². The number of aromatic nitrogens is 1. The maximum Gasteiger partial charge on any atom is 0.243 e. The predicted molar refractivity (Wildman–Crippen MR) is 130 cm³/mol. The van der Waals surface area contributed by atoms with E-state index in [0.29, 0.717) is 62.6 Å². The van der Waals surface area contributed by atoms with Gasteiger partial charge in [0.05, 0.1) is 16.5 Å². The van der Waals surface area contributed by atoms with Gasteiger partial charge in [0.1, 0.15) is 5.82 Å². The van der Waals surface area contributed by atoms with Crippen molar-refractivity contribution < 1.29 is 13.2 Å². The molecule has 0 N–H and O–H groups in total. The maximum atomic E-state index is 13.3. The third-order valence-electron chi connectivity index (χ3n) is 6.80. The van der Waals surface area contributed by atoms with E-state index in [1.165, 1.54) is 4.31 Å². The first-order valence-corrected chi connectivity index (χ1v) is 13.1. The number of carbonyl (C=O) groups excluding carboxylic acids is 1. The first kappa shape index (κ1) is 24.2. The van der Waals surface area contributed by atoms with Gasteiger partial charge in [-0.3, -0.25) is 4.79 Å². The van der Waals surface area contributed by atoms with Crippen molar-refractivity contribution in [2.45, 2.75) is 38.5 Å². The van der Waals surface area contributed by atoms with Gasteiger partial charge in [-0.15, -0.1) is 0 Å². The summed E-state index contributed by atoms with van der Waals surface area (Å²) in [5.41, 5.74) is 3.15. The van der Waals surface area contributed by atoms with Crippen molar-refractivity contribution >= 4 is 21.7 Å². The summed E-state index contributed by atoms with van der Waals surface area (Å²) in [5.74, 6) is 0.711. The molecule has 0 saturated carbocycles. The van der Waals surface area contributed by atoms with Crippen LogP contribution in [0.1, 0.15) is 35.1 Å². The summed E-state index contributed by atoms with van der Waals surface area (Å²) >= 11 is 0. The van der Waals surface area contributed by atoms with Crippen molar-refractivity contribution in [1.82, 2.24) is 14.2 Å². The minimum atomic E-state index is -3.59. The number of piperidine rings is 1. The van der Waals surface area contributed by atoms with Crippen LogP contribution in [0.2, 0.25) is 0 Å². The summed E-state index contributed by atoms with van der Waals surface area (Å²) in [6.45, 7) is 8.87. The van der Waals surface area contributed by atoms with Gasteiger partial charge in [0.2, 0.25) is 15.9 Å². The van der Waals surface area contributed by atoms with Crippen LogP contribution < -0.4 is 4.90 Å². The largest absolute Gasteiger partial charge is 0.353 e. The first-order chi connectivity index (χ1) is 16.2. The lowest BCUT2D eigenvalue weighted by Gasteiger charge is -2.38. The van der Waals surface area contributed by atoms with E-state index in [4.69, 9.17) is 5.26 Å². The van der Waals surface area contributed by atoms with Gasteiger partial charge in [-0.1, -0.05) is 17.7 Å². The number of piperazine rings is 1. The molecule has 8 nitrogen and oxygen atoms in total. The Morgan fingerprint density at radius 3 is 2.21 bits per heavy atom. The number of amides is 1. The van der Waals surface area contributed by atoms with Crippen molar-refractivity contribution in [3.63, 3.8) is 0 Å². The van der Waals surface area contributed by atoms with Gasteiger partial charge < -0.3 is 9.80 Å². The van der Waals surface area contributed by atoms with Crippen LogP contribution in [-0.2, 0) is 14.8 Å². The molecule has 0 atom stereocenters. The smallest absolute Gasteiger partial charge is 0.243 e. The van der Waals surface area contributed by atoms with E-state index in [0.717, 1.165) is 22.5 Å². The van der Waals surface area contributed by atoms with Crippen LogP contribution in [0.15, 0.2) is 35.4 Å². The predicted octanol–water partition coefficient (Wildman–Crippen LogP) is 2.63. The summed E-state index contributed by atoms with van der Waals surface area (Å²) in [5, 5.41) is 9.10. The SMILES string of the molecule is Cc1cc(C)c(S(=O)(=O)N2CCC(C(=O)N3CCN(c4cc(C#N)ccn4)CC3)CC2)c(C)c1. The molecule has 2 aliphatic heterocycles. The van der Waals surface area contributed by atoms with E-state index in [1.54, 1.807) is 18.3 Å². The van der Waals surface area contributed by atoms with Gasteiger partial charge in [-0.2, -0.15) is 9.57 Å². The van der Waals surface area contributed by atoms with Crippen LogP contribution in [0.3, 0.4) is 0 Å². The number of benzene rings is 1. The quantitative estimate of drug-likeness (QED) is 0.666. The molecule has 180 valence electrons. The second-order valence-corrected chi connectivity index (χ2v) is 11.1. The third kappa shape index (κ3) is 4.79. The summed E-state index contributed by atoms with van der Waals surface area (Å²) < 4.78 is 28.2. The van der Waals surface area contributed by atoms with E-state index in [-0.39, 0.29) is 11.8 Å². The number of hydrogen-bond acceptors (Lipinski definition) is 6. The average Bonchev–Trinajstić information content (AvgIpc) is 2.83. The molecule has 2 fully saturated rings. The van der Waals surface area contributed by atoms with Gasteiger partial charge in [0, 0.05) is 51.4 Å². The average molecular weight is 482 g/mol. The van der Waals surface area contributed by atoms with E-state index < -0.39 is 10.0 Å². The summed E-state index contributed by atoms with van der Waals surface area (Å²) in [7, 11) is -3.59. The van der Waals surface area contributed by atoms with Gasteiger partial charge in [0.15, 0.2) is 0 Å². The Morgan fingerprint density at radius 1 is 1.00 bits per heavy atom. The highest BCUT2D eigenvalue weighted by molar-refractivity contribution is 7.89. The maximum absolute atomic E-state index is 13.3. The molecule has 0 bridgehead atoms. The van der Waals surface area contributed by atoms with Crippen LogP contribution in [-0.4, -0.2) is 67.8 Å². The second kappa shape index (κ2) is 9.72. The Labute approximate surface area is 201 Å². The molecule has 3 heterocycles. The number of rotatable bonds is 4. The molecule has 0 unspecified atom stereocenters. The molecule has 34 heavy (non-hydrogen) atoms. The fourth-order valence-corrected chi connectivity index (χ4v) is 7.00. The van der Waals surface area contributed by atoms with Crippen molar-refractivity contribution in [1.29, 1.82) is 5.26 Å². The molecular formula is C25H31N5O3S. The molecular weight excluding hydrogens is 450 g/mol. The number of aryl methyl sites for hydroxylation is 3. The molecule has 9 heteroatoms. The number of nitrogens with zero attached hydrogens (tertiary/aromatic N) is 5. The topological polar surface area (TPSA) is 97.6 Å². The number of nitriles is 1. The Bertz CT molecular complexity index is 1200. The fourth-order valence-electron chi connectivity index (χ4n) is 5.12. The van der Waals surface area contributed by atoms with Crippen molar-refractivity contribution in [3.8, 4) is 6.07 Å². The minimum absolute atomic E-state index is 0.109. The summed E-state index contributed by atoms with van der Waals surface area (Å²) in [6.07, 6.45) is 2.70. The summed E-state index contributed by atoms with van der Waals surface area (Å²) in [4.78, 5) is 21.9. The molecule has 0 spiro atoms. The summed E-state index contributed by atoms with van der Waals surface area (Å²) in [6, 6.07) is 9.39. The molecule has 1 amide bonds. The van der Waals surface area contributed by atoms with Crippen LogP contribution in [0.5, 0.6) is 0 Å². The third-order valence-corrected chi connectivity index (χ3v) is 9.00. The number of pyridine rings is 1. The molecule has 4 rings (SSSR count). The van der Waals surface area contributed by atoms with E-state index in [2.05, 4.69) is 16.0 Å². The monoisotopic (exact) mass is 481 g/mol. The van der Waals surface area contributed by atoms with E-state index in [9.17, 15) is 13.2 Å². The molecule has 2 aliphatic rings. The van der Waals surface area contributed by atoms with Crippen LogP contribution >= 0.6 is 0 Å². The standard InChI is InChI=1S/C25H31N5O3S/c1-18-14-19(2)24(20(3)15-18)34(32,33)30-8-5-22(6-9-30)25(31)29-12-10-28(11-13-29)23-16-21(17-26)4-7-27-23/h4,7,14-16,22H,5-6,8-13H2,1-3H3. The van der Waals surface area contributed by atoms with Crippen LogP contribution in [0.25, 0.3) is 0 Å². The van der Waals surface area contributed by atoms with E-state index in [1.807, 2.05) is 37.8 Å². The van der Waals surface area contributed by atoms with E-state index >= 15 is 0 Å². The lowest BCUT2D eigenvalue weighted by molar-refractivity contribution is -0.137. The molecule has 1 aromatic carbocycles. The highest BCUT2D eigenvalue weighted by Gasteiger charge is 2.35. The van der Waals surface area contributed by atoms with Gasteiger partial charge in [0.25, 0.3) is 0 Å². The lowest BCUT2D eigenvalue weighted by atomic mass is 9.96. The highest BCUT2D eigenvalue weighted by atomic mass is 32.2.